The zero-order chi connectivity index (χ0) is 13.7. The number of hydrogen-bond acceptors (Lipinski definition) is 5. The monoisotopic (exact) mass is 269 g/mol. The highest BCUT2D eigenvalue weighted by molar-refractivity contribution is 5.86. The molecule has 0 saturated carbocycles. The topological polar surface area (TPSA) is 114 Å². The Kier molecular flexibility index (Phi) is 4.00. The number of carboxylic acids is 1. The number of rotatable bonds is 4. The summed E-state index contributed by atoms with van der Waals surface area (Å²) in [6.07, 6.45) is 1.89. The Balaban J connectivity index is 1.90. The summed E-state index contributed by atoms with van der Waals surface area (Å²) in [5.74, 6) is -1.05. The highest BCUT2D eigenvalue weighted by Crippen LogP contribution is 2.20. The molecule has 19 heavy (non-hydrogen) atoms. The number of carbonyl (C=O) groups excluding carboxylic acids is 1. The van der Waals surface area contributed by atoms with Crippen molar-refractivity contribution >= 4 is 12.0 Å². The molecule has 8 nitrogen and oxygen atoms in total. The van der Waals surface area contributed by atoms with Crippen molar-refractivity contribution in [2.45, 2.75) is 24.9 Å². The van der Waals surface area contributed by atoms with Gasteiger partial charge in [-0.3, -0.25) is 0 Å². The van der Waals surface area contributed by atoms with Crippen LogP contribution in [0.5, 0.6) is 0 Å². The zero-order valence-electron chi connectivity index (χ0n) is 10.2. The van der Waals surface area contributed by atoms with E-state index in [4.69, 9.17) is 4.74 Å². The second-order valence-corrected chi connectivity index (χ2v) is 4.30. The average molecular weight is 269 g/mol. The Morgan fingerprint density at radius 2 is 2.16 bits per heavy atom. The molecule has 0 unspecified atom stereocenters. The summed E-state index contributed by atoms with van der Waals surface area (Å²) >= 11 is 0. The first-order chi connectivity index (χ1) is 9.12. The van der Waals surface area contributed by atoms with Crippen molar-refractivity contribution in [2.24, 2.45) is 0 Å². The Hall–Kier alpha value is -2.09. The van der Waals surface area contributed by atoms with E-state index in [2.05, 4.69) is 20.3 Å². The van der Waals surface area contributed by atoms with Gasteiger partial charge in [-0.2, -0.15) is 0 Å². The van der Waals surface area contributed by atoms with Crippen molar-refractivity contribution in [1.29, 1.82) is 0 Å². The first kappa shape index (κ1) is 13.3. The predicted molar refractivity (Wildman–Crippen MR) is 62.3 cm³/mol. The number of nitrogens with zero attached hydrogens (tertiary/aromatic N) is 1. The lowest BCUT2D eigenvalue weighted by atomic mass is 9.90. The number of nitrogens with one attached hydrogen (secondary N) is 2. The van der Waals surface area contributed by atoms with Crippen molar-refractivity contribution in [3.8, 4) is 0 Å². The van der Waals surface area contributed by atoms with Gasteiger partial charge in [0.25, 0.3) is 0 Å². The Labute approximate surface area is 109 Å². The predicted octanol–water partition coefficient (Wildman–Crippen LogP) is 0.108. The normalized spacial score (nSPS) is 17.7. The summed E-state index contributed by atoms with van der Waals surface area (Å²) in [5.41, 5.74) is -0.696. The summed E-state index contributed by atoms with van der Waals surface area (Å²) in [6, 6.07) is 1.06. The molecule has 1 saturated heterocycles. The van der Waals surface area contributed by atoms with E-state index in [1.165, 1.54) is 6.26 Å². The molecule has 1 aromatic rings. The van der Waals surface area contributed by atoms with Gasteiger partial charge in [-0.1, -0.05) is 5.16 Å². The lowest BCUT2D eigenvalue weighted by molar-refractivity contribution is -0.148. The minimum Gasteiger partial charge on any atom is -0.480 e. The van der Waals surface area contributed by atoms with Gasteiger partial charge in [0.1, 0.15) is 17.5 Å². The van der Waals surface area contributed by atoms with Gasteiger partial charge in [-0.25, -0.2) is 9.59 Å². The van der Waals surface area contributed by atoms with Gasteiger partial charge >= 0.3 is 12.0 Å². The standard InChI is InChI=1S/C11H15N3O5/c15-9(16)11(2-5-18-6-3-11)13-10(17)12-7-8-1-4-19-14-8/h1,4H,2-3,5-7H2,(H,15,16)(H2,12,13,17). The Bertz CT molecular complexity index is 439. The van der Waals surface area contributed by atoms with Crippen molar-refractivity contribution in [2.75, 3.05) is 13.2 Å². The molecule has 2 rings (SSSR count). The summed E-state index contributed by atoms with van der Waals surface area (Å²) in [6.45, 7) is 0.806. The van der Waals surface area contributed by atoms with Crippen LogP contribution in [0.3, 0.4) is 0 Å². The van der Waals surface area contributed by atoms with Crippen LogP contribution in [0.1, 0.15) is 18.5 Å². The molecular weight excluding hydrogens is 254 g/mol. The maximum atomic E-state index is 11.7. The largest absolute Gasteiger partial charge is 0.480 e. The third kappa shape index (κ3) is 3.22. The molecule has 0 radical (unpaired) electrons. The quantitative estimate of drug-likeness (QED) is 0.714. The molecule has 2 amide bonds. The molecule has 0 atom stereocenters. The fraction of sp³-hybridized carbons (Fsp3) is 0.545. The van der Waals surface area contributed by atoms with Crippen molar-refractivity contribution < 1.29 is 24.0 Å². The van der Waals surface area contributed by atoms with Gasteiger partial charge in [0, 0.05) is 32.1 Å². The van der Waals surface area contributed by atoms with Crippen LogP contribution < -0.4 is 10.6 Å². The highest BCUT2D eigenvalue weighted by atomic mass is 16.5. The number of hydrogen-bond donors (Lipinski definition) is 3. The van der Waals surface area contributed by atoms with Gasteiger partial charge in [-0.05, 0) is 0 Å². The minimum atomic E-state index is -1.26. The molecule has 1 aromatic heterocycles. The SMILES string of the molecule is O=C(NCc1ccon1)NC1(C(=O)O)CCOCC1. The molecule has 3 N–H and O–H groups in total. The van der Waals surface area contributed by atoms with Crippen molar-refractivity contribution in [3.63, 3.8) is 0 Å². The van der Waals surface area contributed by atoms with Gasteiger partial charge in [0.15, 0.2) is 0 Å². The lowest BCUT2D eigenvalue weighted by Crippen LogP contribution is -2.59. The van der Waals surface area contributed by atoms with Gasteiger partial charge in [-0.15, -0.1) is 0 Å². The third-order valence-electron chi connectivity index (χ3n) is 3.03. The Morgan fingerprint density at radius 3 is 2.74 bits per heavy atom. The van der Waals surface area contributed by atoms with E-state index >= 15 is 0 Å². The van der Waals surface area contributed by atoms with Gasteiger partial charge in [0.05, 0.1) is 6.54 Å². The number of aliphatic carboxylic acids is 1. The van der Waals surface area contributed by atoms with Crippen LogP contribution in [-0.2, 0) is 16.1 Å². The number of ether oxygens (including phenoxy) is 1. The fourth-order valence-electron chi connectivity index (χ4n) is 1.87. The summed E-state index contributed by atoms with van der Waals surface area (Å²) in [5, 5.41) is 17.9. The van der Waals surface area contributed by atoms with Crippen LogP contribution in [0.2, 0.25) is 0 Å². The van der Waals surface area contributed by atoms with Crippen LogP contribution in [0.4, 0.5) is 4.79 Å². The van der Waals surface area contributed by atoms with E-state index < -0.39 is 17.5 Å². The van der Waals surface area contributed by atoms with Gasteiger partial charge in [0.2, 0.25) is 0 Å². The van der Waals surface area contributed by atoms with E-state index in [-0.39, 0.29) is 19.4 Å². The lowest BCUT2D eigenvalue weighted by Gasteiger charge is -2.33. The maximum absolute atomic E-state index is 11.7. The van der Waals surface area contributed by atoms with Crippen molar-refractivity contribution in [1.82, 2.24) is 15.8 Å². The number of carboxylic acid groups (broad SMARTS) is 1. The molecule has 2 heterocycles. The summed E-state index contributed by atoms with van der Waals surface area (Å²) < 4.78 is 9.74. The van der Waals surface area contributed by atoms with E-state index in [1.54, 1.807) is 6.07 Å². The fourth-order valence-corrected chi connectivity index (χ4v) is 1.87. The van der Waals surface area contributed by atoms with E-state index in [9.17, 15) is 14.7 Å². The highest BCUT2D eigenvalue weighted by Gasteiger charge is 2.41. The summed E-state index contributed by atoms with van der Waals surface area (Å²) in [7, 11) is 0. The van der Waals surface area contributed by atoms with Crippen molar-refractivity contribution in [3.05, 3.63) is 18.0 Å². The number of aromatic nitrogens is 1. The molecule has 0 aliphatic carbocycles. The van der Waals surface area contributed by atoms with Gasteiger partial charge < -0.3 is 25.0 Å². The second-order valence-electron chi connectivity index (χ2n) is 4.30. The smallest absolute Gasteiger partial charge is 0.329 e. The molecule has 1 aliphatic rings. The van der Waals surface area contributed by atoms with Crippen LogP contribution in [-0.4, -0.2) is 41.0 Å². The molecule has 0 spiro atoms. The molecule has 104 valence electrons. The molecule has 1 aliphatic heterocycles. The average Bonchev–Trinajstić information content (AvgIpc) is 2.90. The second kappa shape index (κ2) is 5.70. The molecular formula is C11H15N3O5. The van der Waals surface area contributed by atoms with Crippen LogP contribution >= 0.6 is 0 Å². The number of carbonyl (C=O) groups is 2. The van der Waals surface area contributed by atoms with Crippen LogP contribution in [0, 0.1) is 0 Å². The van der Waals surface area contributed by atoms with E-state index in [1.807, 2.05) is 0 Å². The molecule has 1 fully saturated rings. The Morgan fingerprint density at radius 1 is 1.42 bits per heavy atom. The third-order valence-corrected chi connectivity index (χ3v) is 3.03. The maximum Gasteiger partial charge on any atom is 0.329 e. The zero-order valence-corrected chi connectivity index (χ0v) is 10.2. The van der Waals surface area contributed by atoms with E-state index in [0.717, 1.165) is 0 Å². The number of urea groups is 1. The molecule has 0 bridgehead atoms. The van der Waals surface area contributed by atoms with Crippen LogP contribution in [0.15, 0.2) is 16.9 Å². The first-order valence-electron chi connectivity index (χ1n) is 5.89. The number of amides is 2. The molecule has 0 aromatic carbocycles. The first-order valence-corrected chi connectivity index (χ1v) is 5.89. The van der Waals surface area contributed by atoms with E-state index in [0.29, 0.717) is 18.9 Å². The minimum absolute atomic E-state index is 0.175. The van der Waals surface area contributed by atoms with Crippen LogP contribution in [0.25, 0.3) is 0 Å². The molecule has 8 heteroatoms. The summed E-state index contributed by atoms with van der Waals surface area (Å²) in [4.78, 5) is 23.1.